The van der Waals surface area contributed by atoms with E-state index in [1.807, 2.05) is 45.0 Å². The van der Waals surface area contributed by atoms with Crippen LogP contribution in [0.15, 0.2) is 66.7 Å². The Morgan fingerprint density at radius 3 is 2.37 bits per heavy atom. The summed E-state index contributed by atoms with van der Waals surface area (Å²) in [5.74, 6) is -1.31. The summed E-state index contributed by atoms with van der Waals surface area (Å²) in [6.07, 6.45) is 1.96. The van der Waals surface area contributed by atoms with E-state index in [1.165, 1.54) is 6.07 Å². The van der Waals surface area contributed by atoms with E-state index in [9.17, 15) is 24.3 Å². The van der Waals surface area contributed by atoms with Crippen LogP contribution in [-0.4, -0.2) is 41.5 Å². The number of para-hydroxylation sites is 1. The molecule has 1 heterocycles. The summed E-state index contributed by atoms with van der Waals surface area (Å²) >= 11 is 0. The minimum Gasteiger partial charge on any atom is -0.478 e. The van der Waals surface area contributed by atoms with Crippen LogP contribution in [0, 0.1) is 12.8 Å². The molecule has 0 aromatic heterocycles. The van der Waals surface area contributed by atoms with Crippen LogP contribution >= 0.6 is 0 Å². The third-order valence-corrected chi connectivity index (χ3v) is 7.02. The highest BCUT2D eigenvalue weighted by molar-refractivity contribution is 6.01. The van der Waals surface area contributed by atoms with Crippen molar-refractivity contribution >= 4 is 40.9 Å². The van der Waals surface area contributed by atoms with Gasteiger partial charge in [0.25, 0.3) is 0 Å². The Balaban J connectivity index is 1.38. The van der Waals surface area contributed by atoms with Crippen molar-refractivity contribution in [2.24, 2.45) is 5.92 Å². The molecule has 3 aromatic rings. The van der Waals surface area contributed by atoms with Gasteiger partial charge in [-0.15, -0.1) is 0 Å². The largest absolute Gasteiger partial charge is 0.478 e. The molecule has 9 nitrogen and oxygen atoms in total. The molecule has 0 unspecified atom stereocenters. The molecule has 0 aliphatic carbocycles. The molecule has 1 atom stereocenters. The number of hydrogen-bond donors (Lipinski definition) is 4. The Morgan fingerprint density at radius 2 is 1.68 bits per heavy atom. The van der Waals surface area contributed by atoms with E-state index >= 15 is 0 Å². The van der Waals surface area contributed by atoms with Crippen molar-refractivity contribution in [1.29, 1.82) is 0 Å². The second-order valence-electron chi connectivity index (χ2n) is 10.8. The van der Waals surface area contributed by atoms with E-state index in [0.717, 1.165) is 22.4 Å². The van der Waals surface area contributed by atoms with Crippen LogP contribution in [-0.2, 0) is 22.4 Å². The number of carboxylic acids is 1. The van der Waals surface area contributed by atoms with Crippen molar-refractivity contribution in [3.8, 4) is 0 Å². The van der Waals surface area contributed by atoms with Crippen LogP contribution in [0.5, 0.6) is 0 Å². The number of rotatable bonds is 9. The fourth-order valence-corrected chi connectivity index (χ4v) is 4.97. The second kappa shape index (κ2) is 13.1. The highest BCUT2D eigenvalue weighted by atomic mass is 16.4. The zero-order chi connectivity index (χ0) is 29.5. The van der Waals surface area contributed by atoms with Gasteiger partial charge in [0, 0.05) is 23.6 Å². The lowest BCUT2D eigenvalue weighted by molar-refractivity contribution is -0.127. The van der Waals surface area contributed by atoms with Gasteiger partial charge in [-0.05, 0) is 85.2 Å². The molecule has 0 spiro atoms. The molecule has 0 fully saturated rings. The fourth-order valence-electron chi connectivity index (χ4n) is 4.97. The lowest BCUT2D eigenvalue weighted by Crippen LogP contribution is -2.51. The summed E-state index contributed by atoms with van der Waals surface area (Å²) in [7, 11) is 0. The molecule has 214 valence electrons. The smallest absolute Gasteiger partial charge is 0.335 e. The molecule has 9 heteroatoms. The van der Waals surface area contributed by atoms with Crippen LogP contribution in [0.3, 0.4) is 0 Å². The van der Waals surface area contributed by atoms with Crippen molar-refractivity contribution in [2.75, 3.05) is 22.1 Å². The van der Waals surface area contributed by atoms with Gasteiger partial charge in [-0.25, -0.2) is 9.59 Å². The Bertz CT molecular complexity index is 1430. The van der Waals surface area contributed by atoms with Gasteiger partial charge in [0.1, 0.15) is 6.04 Å². The van der Waals surface area contributed by atoms with Crippen LogP contribution < -0.4 is 20.9 Å². The highest BCUT2D eigenvalue weighted by Crippen LogP contribution is 2.29. The summed E-state index contributed by atoms with van der Waals surface area (Å²) in [6.45, 7) is 6.42. The predicted molar refractivity (Wildman–Crippen MR) is 159 cm³/mol. The van der Waals surface area contributed by atoms with Crippen molar-refractivity contribution in [3.63, 3.8) is 0 Å². The molecular formula is C32H36N4O5. The number of urea groups is 1. The Morgan fingerprint density at radius 1 is 0.951 bits per heavy atom. The van der Waals surface area contributed by atoms with Gasteiger partial charge in [-0.1, -0.05) is 44.2 Å². The Labute approximate surface area is 239 Å². The summed E-state index contributed by atoms with van der Waals surface area (Å²) in [5.41, 5.74) is 4.72. The first-order chi connectivity index (χ1) is 19.6. The molecule has 0 bridgehead atoms. The first-order valence-electron chi connectivity index (χ1n) is 13.8. The lowest BCUT2D eigenvalue weighted by Gasteiger charge is -2.33. The van der Waals surface area contributed by atoms with E-state index in [4.69, 9.17) is 0 Å². The minimum absolute atomic E-state index is 0.0795. The van der Waals surface area contributed by atoms with E-state index in [-0.39, 0.29) is 35.7 Å². The maximum absolute atomic E-state index is 13.7. The van der Waals surface area contributed by atoms with Crippen molar-refractivity contribution in [1.82, 2.24) is 5.32 Å². The van der Waals surface area contributed by atoms with Crippen molar-refractivity contribution in [3.05, 3.63) is 89.0 Å². The van der Waals surface area contributed by atoms with E-state index in [0.29, 0.717) is 37.2 Å². The first-order valence-corrected chi connectivity index (χ1v) is 13.8. The molecule has 0 radical (unpaired) electrons. The predicted octanol–water partition coefficient (Wildman–Crippen LogP) is 5.39. The number of nitrogens with zero attached hydrogens (tertiary/aromatic N) is 1. The molecule has 1 aliphatic heterocycles. The SMILES string of the molecule is Cc1ccccc1NC(=O)Nc1ccc(CC(=O)N[C@@H](CC(C)C)C(=O)N2CCCc3cc(C(=O)O)ccc32)cc1. The minimum atomic E-state index is -1.00. The molecular weight excluding hydrogens is 520 g/mol. The number of amides is 4. The number of aryl methyl sites for hydroxylation is 2. The Kier molecular flexibility index (Phi) is 9.39. The topological polar surface area (TPSA) is 128 Å². The average Bonchev–Trinajstić information content (AvgIpc) is 2.93. The number of benzene rings is 3. The molecule has 4 amide bonds. The van der Waals surface area contributed by atoms with Gasteiger partial charge in [-0.3, -0.25) is 9.59 Å². The second-order valence-corrected chi connectivity index (χ2v) is 10.8. The van der Waals surface area contributed by atoms with Crippen LogP contribution in [0.2, 0.25) is 0 Å². The molecule has 4 rings (SSSR count). The quantitative estimate of drug-likeness (QED) is 0.281. The van der Waals surface area contributed by atoms with Gasteiger partial charge < -0.3 is 26.0 Å². The van der Waals surface area contributed by atoms with Crippen molar-refractivity contribution < 1.29 is 24.3 Å². The molecule has 41 heavy (non-hydrogen) atoms. The number of carbonyl (C=O) groups is 4. The number of anilines is 3. The number of carbonyl (C=O) groups excluding carboxylic acids is 3. The zero-order valence-corrected chi connectivity index (χ0v) is 23.6. The lowest BCUT2D eigenvalue weighted by atomic mass is 9.96. The highest BCUT2D eigenvalue weighted by Gasteiger charge is 2.30. The zero-order valence-electron chi connectivity index (χ0n) is 23.6. The summed E-state index contributed by atoms with van der Waals surface area (Å²) < 4.78 is 0. The summed E-state index contributed by atoms with van der Waals surface area (Å²) in [4.78, 5) is 52.1. The fraction of sp³-hybridized carbons (Fsp3) is 0.312. The number of carboxylic acid groups (broad SMARTS) is 1. The summed E-state index contributed by atoms with van der Waals surface area (Å²) in [5, 5.41) is 17.9. The number of fused-ring (bicyclic) bond motifs is 1. The van der Waals surface area contributed by atoms with E-state index < -0.39 is 12.0 Å². The van der Waals surface area contributed by atoms with Gasteiger partial charge in [-0.2, -0.15) is 0 Å². The van der Waals surface area contributed by atoms with Gasteiger partial charge in [0.15, 0.2) is 0 Å². The maximum Gasteiger partial charge on any atom is 0.335 e. The van der Waals surface area contributed by atoms with E-state index in [2.05, 4.69) is 16.0 Å². The molecule has 0 saturated carbocycles. The Hall–Kier alpha value is -4.66. The standard InChI is InChI=1S/C32H36N4O5/c1-20(2)17-27(30(38)36-16-6-8-23-19-24(31(39)40)12-15-28(23)36)34-29(37)18-22-10-13-25(14-11-22)33-32(41)35-26-9-5-4-7-21(26)3/h4-5,7,9-15,19-20,27H,6,8,16-18H2,1-3H3,(H,34,37)(H,39,40)(H2,33,35,41)/t27-/m0/s1. The summed E-state index contributed by atoms with van der Waals surface area (Å²) in [6, 6.07) is 18.2. The molecule has 4 N–H and O–H groups in total. The molecule has 1 aliphatic rings. The monoisotopic (exact) mass is 556 g/mol. The number of nitrogens with one attached hydrogen (secondary N) is 3. The van der Waals surface area contributed by atoms with Crippen LogP contribution in [0.4, 0.5) is 21.9 Å². The number of hydrogen-bond acceptors (Lipinski definition) is 4. The molecule has 0 saturated heterocycles. The van der Waals surface area contributed by atoms with Crippen LogP contribution in [0.1, 0.15) is 53.7 Å². The normalized spacial score (nSPS) is 13.2. The van der Waals surface area contributed by atoms with E-state index in [1.54, 1.807) is 41.3 Å². The van der Waals surface area contributed by atoms with Gasteiger partial charge in [0.2, 0.25) is 11.8 Å². The number of aromatic carboxylic acids is 1. The third kappa shape index (κ3) is 7.72. The van der Waals surface area contributed by atoms with Crippen molar-refractivity contribution in [2.45, 2.75) is 52.5 Å². The van der Waals surface area contributed by atoms with Crippen LogP contribution in [0.25, 0.3) is 0 Å². The maximum atomic E-state index is 13.7. The first kappa shape index (κ1) is 29.3. The average molecular weight is 557 g/mol. The van der Waals surface area contributed by atoms with Gasteiger partial charge in [0.05, 0.1) is 12.0 Å². The third-order valence-electron chi connectivity index (χ3n) is 7.02. The van der Waals surface area contributed by atoms with Gasteiger partial charge >= 0.3 is 12.0 Å². The molecule has 3 aromatic carbocycles.